The lowest BCUT2D eigenvalue weighted by atomic mass is 10.0. The molecule has 112 valence electrons. The average Bonchev–Trinajstić information content (AvgIpc) is 3.20. The van der Waals surface area contributed by atoms with Crippen LogP contribution in [-0.2, 0) is 6.42 Å². The molecule has 3 N–H and O–H groups in total. The van der Waals surface area contributed by atoms with E-state index in [0.29, 0.717) is 0 Å². The number of anilines is 2. The Hall–Kier alpha value is -1.36. The van der Waals surface area contributed by atoms with Gasteiger partial charge >= 0.3 is 0 Å². The van der Waals surface area contributed by atoms with Gasteiger partial charge in [0.1, 0.15) is 17.5 Å². The number of aliphatic hydroxyl groups excluding tert-OH is 1. The fourth-order valence-electron chi connectivity index (χ4n) is 2.51. The summed E-state index contributed by atoms with van der Waals surface area (Å²) in [4.78, 5) is 9.17. The van der Waals surface area contributed by atoms with E-state index in [1.54, 1.807) is 0 Å². The molecule has 0 atom stereocenters. The van der Waals surface area contributed by atoms with E-state index in [4.69, 9.17) is 5.11 Å². The third-order valence-electron chi connectivity index (χ3n) is 4.13. The topological polar surface area (TPSA) is 70.1 Å². The predicted molar refractivity (Wildman–Crippen MR) is 82.2 cm³/mol. The van der Waals surface area contributed by atoms with Gasteiger partial charge in [0.25, 0.3) is 0 Å². The molecule has 1 aromatic heterocycles. The molecular weight excluding hydrogens is 252 g/mol. The van der Waals surface area contributed by atoms with Gasteiger partial charge in [0, 0.05) is 32.2 Å². The van der Waals surface area contributed by atoms with E-state index in [0.717, 1.165) is 48.8 Å². The van der Waals surface area contributed by atoms with Gasteiger partial charge in [0.15, 0.2) is 0 Å². The van der Waals surface area contributed by atoms with Crippen LogP contribution in [0.1, 0.15) is 44.0 Å². The van der Waals surface area contributed by atoms with Gasteiger partial charge in [-0.15, -0.1) is 0 Å². The van der Waals surface area contributed by atoms with Crippen molar-refractivity contribution in [1.29, 1.82) is 0 Å². The van der Waals surface area contributed by atoms with Crippen LogP contribution >= 0.6 is 0 Å². The number of nitrogens with zero attached hydrogens (tertiary/aromatic N) is 2. The van der Waals surface area contributed by atoms with Crippen LogP contribution in [0, 0.1) is 12.3 Å². The zero-order chi connectivity index (χ0) is 14.6. The number of rotatable bonds is 8. The molecule has 20 heavy (non-hydrogen) atoms. The summed E-state index contributed by atoms with van der Waals surface area (Å²) in [5.41, 5.74) is 1.35. The van der Waals surface area contributed by atoms with Crippen molar-refractivity contribution in [2.45, 2.75) is 46.0 Å². The summed E-state index contributed by atoms with van der Waals surface area (Å²) in [6, 6.07) is 0. The van der Waals surface area contributed by atoms with E-state index in [1.807, 2.05) is 14.0 Å². The lowest BCUT2D eigenvalue weighted by Crippen LogP contribution is -2.19. The van der Waals surface area contributed by atoms with Gasteiger partial charge in [0.05, 0.1) is 0 Å². The molecule has 0 aromatic carbocycles. The second kappa shape index (κ2) is 6.39. The summed E-state index contributed by atoms with van der Waals surface area (Å²) < 4.78 is 0. The number of nitrogens with one attached hydrogen (secondary N) is 2. The van der Waals surface area contributed by atoms with Crippen molar-refractivity contribution in [3.8, 4) is 0 Å². The van der Waals surface area contributed by atoms with Crippen molar-refractivity contribution in [2.75, 3.05) is 30.8 Å². The summed E-state index contributed by atoms with van der Waals surface area (Å²) in [5.74, 6) is 2.71. The molecule has 0 radical (unpaired) electrons. The highest BCUT2D eigenvalue weighted by Gasteiger charge is 2.41. The third kappa shape index (κ3) is 3.39. The SMILES string of the molecule is CCCc1nc(NC)c(C)c(NCC2(CCO)CC2)n1. The van der Waals surface area contributed by atoms with Gasteiger partial charge in [-0.25, -0.2) is 9.97 Å². The number of hydrogen-bond acceptors (Lipinski definition) is 5. The molecule has 2 rings (SSSR count). The summed E-state index contributed by atoms with van der Waals surface area (Å²) in [5, 5.41) is 15.7. The van der Waals surface area contributed by atoms with Crippen LogP contribution in [0.4, 0.5) is 11.6 Å². The molecule has 1 fully saturated rings. The van der Waals surface area contributed by atoms with E-state index in [1.165, 1.54) is 12.8 Å². The minimum absolute atomic E-state index is 0.271. The Kier molecular flexibility index (Phi) is 4.81. The summed E-state index contributed by atoms with van der Waals surface area (Å²) in [6.07, 6.45) is 5.22. The van der Waals surface area contributed by atoms with Crippen molar-refractivity contribution in [3.63, 3.8) is 0 Å². The van der Waals surface area contributed by atoms with Crippen LogP contribution in [0.3, 0.4) is 0 Å². The van der Waals surface area contributed by atoms with Crippen LogP contribution < -0.4 is 10.6 Å². The second-order valence-corrected chi connectivity index (χ2v) is 5.79. The van der Waals surface area contributed by atoms with E-state index >= 15 is 0 Å². The van der Waals surface area contributed by atoms with Crippen LogP contribution in [0.5, 0.6) is 0 Å². The Bertz CT molecular complexity index is 457. The zero-order valence-corrected chi connectivity index (χ0v) is 12.8. The first kappa shape index (κ1) is 15.0. The first-order chi connectivity index (χ1) is 9.64. The fourth-order valence-corrected chi connectivity index (χ4v) is 2.51. The molecule has 1 heterocycles. The maximum absolute atomic E-state index is 9.13. The molecule has 0 saturated heterocycles. The Morgan fingerprint density at radius 2 is 1.95 bits per heavy atom. The first-order valence-corrected chi connectivity index (χ1v) is 7.54. The van der Waals surface area contributed by atoms with Crippen molar-refractivity contribution in [2.24, 2.45) is 5.41 Å². The molecule has 0 amide bonds. The van der Waals surface area contributed by atoms with Gasteiger partial charge in [0.2, 0.25) is 0 Å². The molecule has 1 aliphatic carbocycles. The van der Waals surface area contributed by atoms with Gasteiger partial charge in [-0.05, 0) is 38.0 Å². The lowest BCUT2D eigenvalue weighted by molar-refractivity contribution is 0.253. The maximum Gasteiger partial charge on any atom is 0.134 e. The Labute approximate surface area is 121 Å². The van der Waals surface area contributed by atoms with Crippen molar-refractivity contribution in [3.05, 3.63) is 11.4 Å². The number of aryl methyl sites for hydroxylation is 1. The van der Waals surface area contributed by atoms with Crippen molar-refractivity contribution in [1.82, 2.24) is 9.97 Å². The molecule has 0 unspecified atom stereocenters. The molecule has 1 aliphatic rings. The fraction of sp³-hybridized carbons (Fsp3) is 0.733. The molecule has 0 bridgehead atoms. The lowest BCUT2D eigenvalue weighted by Gasteiger charge is -2.18. The van der Waals surface area contributed by atoms with E-state index in [2.05, 4.69) is 27.5 Å². The Morgan fingerprint density at radius 1 is 1.25 bits per heavy atom. The Balaban J connectivity index is 2.11. The summed E-state index contributed by atoms with van der Waals surface area (Å²) in [6.45, 7) is 5.33. The van der Waals surface area contributed by atoms with Gasteiger partial charge in [-0.3, -0.25) is 0 Å². The summed E-state index contributed by atoms with van der Waals surface area (Å²) in [7, 11) is 1.89. The summed E-state index contributed by atoms with van der Waals surface area (Å²) >= 11 is 0. The minimum Gasteiger partial charge on any atom is -0.396 e. The minimum atomic E-state index is 0.271. The molecule has 1 aromatic rings. The van der Waals surface area contributed by atoms with Crippen LogP contribution in [-0.4, -0.2) is 35.3 Å². The standard InChI is InChI=1S/C15H26N4O/c1-4-5-12-18-13(16-3)11(2)14(19-12)17-10-15(6-7-15)8-9-20/h20H,4-10H2,1-3H3,(H2,16,17,18,19). The van der Waals surface area contributed by atoms with Crippen molar-refractivity contribution < 1.29 is 5.11 Å². The highest BCUT2D eigenvalue weighted by molar-refractivity contribution is 5.57. The zero-order valence-electron chi connectivity index (χ0n) is 12.8. The van der Waals surface area contributed by atoms with Gasteiger partial charge in [-0.1, -0.05) is 6.92 Å². The molecule has 1 saturated carbocycles. The first-order valence-electron chi connectivity index (χ1n) is 7.54. The molecule has 0 spiro atoms. The number of hydrogen-bond donors (Lipinski definition) is 3. The van der Waals surface area contributed by atoms with Crippen molar-refractivity contribution >= 4 is 11.6 Å². The third-order valence-corrected chi connectivity index (χ3v) is 4.13. The van der Waals surface area contributed by atoms with Crippen LogP contribution in [0.2, 0.25) is 0 Å². The van der Waals surface area contributed by atoms with Crippen LogP contribution in [0.25, 0.3) is 0 Å². The molecule has 0 aliphatic heterocycles. The van der Waals surface area contributed by atoms with E-state index < -0.39 is 0 Å². The highest BCUT2D eigenvalue weighted by Crippen LogP contribution is 2.48. The number of aromatic nitrogens is 2. The number of aliphatic hydroxyl groups is 1. The largest absolute Gasteiger partial charge is 0.396 e. The molecule has 5 nitrogen and oxygen atoms in total. The maximum atomic E-state index is 9.13. The van der Waals surface area contributed by atoms with Crippen LogP contribution in [0.15, 0.2) is 0 Å². The highest BCUT2D eigenvalue weighted by atomic mass is 16.3. The quantitative estimate of drug-likeness (QED) is 0.681. The molecular formula is C15H26N4O. The second-order valence-electron chi connectivity index (χ2n) is 5.79. The monoisotopic (exact) mass is 278 g/mol. The normalized spacial score (nSPS) is 16.0. The van der Waals surface area contributed by atoms with E-state index in [9.17, 15) is 0 Å². The smallest absolute Gasteiger partial charge is 0.134 e. The molecule has 5 heteroatoms. The average molecular weight is 278 g/mol. The van der Waals surface area contributed by atoms with Gasteiger partial charge < -0.3 is 15.7 Å². The van der Waals surface area contributed by atoms with E-state index in [-0.39, 0.29) is 12.0 Å². The Morgan fingerprint density at radius 3 is 2.50 bits per heavy atom. The predicted octanol–water partition coefficient (Wildman–Crippen LogP) is 2.35. The van der Waals surface area contributed by atoms with Gasteiger partial charge in [-0.2, -0.15) is 0 Å².